The second-order valence-corrected chi connectivity index (χ2v) is 8.69. The SMILES string of the molecule is COC(=O)c1ccc(Cl)c(NC(=O)CN(c2ccc(Cl)cc2C)S(C)(=O)=O)c1. The third-order valence-electron chi connectivity index (χ3n) is 3.78. The number of nitrogens with zero attached hydrogens (tertiary/aromatic N) is 1. The highest BCUT2D eigenvalue weighted by Gasteiger charge is 2.23. The molecular weight excluding hydrogens is 427 g/mol. The van der Waals surface area contributed by atoms with Gasteiger partial charge in [-0.25, -0.2) is 13.2 Å². The average molecular weight is 445 g/mol. The van der Waals surface area contributed by atoms with Crippen LogP contribution in [0.4, 0.5) is 11.4 Å². The molecule has 1 amide bonds. The van der Waals surface area contributed by atoms with Crippen molar-refractivity contribution in [1.82, 2.24) is 0 Å². The van der Waals surface area contributed by atoms with E-state index in [1.165, 1.54) is 37.4 Å². The van der Waals surface area contributed by atoms with Crippen LogP contribution in [-0.2, 0) is 19.6 Å². The first-order chi connectivity index (χ1) is 13.0. The number of methoxy groups -OCH3 is 1. The Morgan fingerprint density at radius 1 is 1.14 bits per heavy atom. The van der Waals surface area contributed by atoms with Crippen LogP contribution in [0.25, 0.3) is 0 Å². The van der Waals surface area contributed by atoms with Gasteiger partial charge >= 0.3 is 5.97 Å². The molecule has 0 unspecified atom stereocenters. The van der Waals surface area contributed by atoms with E-state index in [1.807, 2.05) is 0 Å². The molecule has 2 rings (SSSR count). The van der Waals surface area contributed by atoms with Crippen LogP contribution in [0.2, 0.25) is 10.0 Å². The molecule has 1 N–H and O–H groups in total. The normalized spacial score (nSPS) is 11.0. The second-order valence-electron chi connectivity index (χ2n) is 5.93. The molecular formula is C18H18Cl2N2O5S. The molecule has 2 aromatic rings. The average Bonchev–Trinajstić information content (AvgIpc) is 2.60. The Morgan fingerprint density at radius 3 is 2.39 bits per heavy atom. The number of amides is 1. The van der Waals surface area contributed by atoms with Crippen molar-refractivity contribution in [3.05, 3.63) is 57.6 Å². The van der Waals surface area contributed by atoms with E-state index < -0.39 is 28.4 Å². The first kappa shape index (κ1) is 22.0. The summed E-state index contributed by atoms with van der Waals surface area (Å²) in [6, 6.07) is 8.90. The number of carbonyl (C=O) groups excluding carboxylic acids is 2. The Hall–Kier alpha value is -2.29. The lowest BCUT2D eigenvalue weighted by molar-refractivity contribution is -0.114. The second kappa shape index (κ2) is 8.81. The molecule has 0 saturated carbocycles. The zero-order valence-corrected chi connectivity index (χ0v) is 17.7. The van der Waals surface area contributed by atoms with Gasteiger partial charge < -0.3 is 10.1 Å². The van der Waals surface area contributed by atoms with Crippen LogP contribution in [-0.4, -0.2) is 40.2 Å². The number of sulfonamides is 1. The summed E-state index contributed by atoms with van der Waals surface area (Å²) in [4.78, 5) is 24.2. The Morgan fingerprint density at radius 2 is 1.82 bits per heavy atom. The minimum atomic E-state index is -3.75. The molecule has 150 valence electrons. The minimum absolute atomic E-state index is 0.163. The maximum absolute atomic E-state index is 12.5. The Labute approximate surface area is 173 Å². The van der Waals surface area contributed by atoms with Gasteiger partial charge in [-0.05, 0) is 48.9 Å². The topological polar surface area (TPSA) is 92.8 Å². The molecule has 0 aliphatic rings. The molecule has 0 fully saturated rings. The van der Waals surface area contributed by atoms with E-state index in [9.17, 15) is 18.0 Å². The highest BCUT2D eigenvalue weighted by atomic mass is 35.5. The minimum Gasteiger partial charge on any atom is -0.465 e. The number of esters is 1. The number of aryl methyl sites for hydroxylation is 1. The monoisotopic (exact) mass is 444 g/mol. The summed E-state index contributed by atoms with van der Waals surface area (Å²) in [7, 11) is -2.52. The number of anilines is 2. The predicted octanol–water partition coefficient (Wildman–Crippen LogP) is 3.49. The molecule has 0 aliphatic heterocycles. The lowest BCUT2D eigenvalue weighted by Gasteiger charge is -2.24. The fraction of sp³-hybridized carbons (Fsp3) is 0.222. The molecule has 0 bridgehead atoms. The summed E-state index contributed by atoms with van der Waals surface area (Å²) < 4.78 is 30.1. The lowest BCUT2D eigenvalue weighted by Crippen LogP contribution is -2.37. The summed E-state index contributed by atoms with van der Waals surface area (Å²) in [5, 5.41) is 3.16. The van der Waals surface area contributed by atoms with Crippen molar-refractivity contribution in [2.24, 2.45) is 0 Å². The van der Waals surface area contributed by atoms with E-state index in [0.717, 1.165) is 10.6 Å². The van der Waals surface area contributed by atoms with Gasteiger partial charge in [0.25, 0.3) is 0 Å². The molecule has 0 aliphatic carbocycles. The summed E-state index contributed by atoms with van der Waals surface area (Å²) >= 11 is 12.0. The maximum Gasteiger partial charge on any atom is 0.337 e. The van der Waals surface area contributed by atoms with Gasteiger partial charge in [-0.3, -0.25) is 9.10 Å². The van der Waals surface area contributed by atoms with Gasteiger partial charge in [0.2, 0.25) is 15.9 Å². The number of hydrogen-bond donors (Lipinski definition) is 1. The Kier molecular flexibility index (Phi) is 6.92. The highest BCUT2D eigenvalue weighted by molar-refractivity contribution is 7.92. The standard InChI is InChI=1S/C18H18Cl2N2O5S/c1-11-8-13(19)5-7-16(11)22(28(3,25)26)10-17(23)21-15-9-12(18(24)27-2)4-6-14(15)20/h4-9H,10H2,1-3H3,(H,21,23). The van der Waals surface area contributed by atoms with E-state index in [0.29, 0.717) is 16.3 Å². The van der Waals surface area contributed by atoms with E-state index >= 15 is 0 Å². The lowest BCUT2D eigenvalue weighted by atomic mass is 10.2. The van der Waals surface area contributed by atoms with Crippen LogP contribution in [0, 0.1) is 6.92 Å². The van der Waals surface area contributed by atoms with E-state index in [-0.39, 0.29) is 16.3 Å². The van der Waals surface area contributed by atoms with Crippen LogP contribution in [0.5, 0.6) is 0 Å². The molecule has 0 aromatic heterocycles. The smallest absolute Gasteiger partial charge is 0.337 e. The van der Waals surface area contributed by atoms with Gasteiger partial charge in [0.1, 0.15) is 6.54 Å². The van der Waals surface area contributed by atoms with Crippen molar-refractivity contribution < 1.29 is 22.7 Å². The fourth-order valence-corrected chi connectivity index (χ4v) is 3.77. The fourth-order valence-electron chi connectivity index (χ4n) is 2.47. The maximum atomic E-state index is 12.5. The molecule has 10 heteroatoms. The van der Waals surface area contributed by atoms with E-state index in [1.54, 1.807) is 13.0 Å². The van der Waals surface area contributed by atoms with Gasteiger partial charge in [-0.1, -0.05) is 23.2 Å². The molecule has 0 heterocycles. The van der Waals surface area contributed by atoms with Crippen molar-refractivity contribution in [3.63, 3.8) is 0 Å². The van der Waals surface area contributed by atoms with Crippen LogP contribution >= 0.6 is 23.2 Å². The van der Waals surface area contributed by atoms with E-state index in [4.69, 9.17) is 23.2 Å². The molecule has 0 radical (unpaired) electrons. The van der Waals surface area contributed by atoms with Gasteiger partial charge in [0, 0.05) is 5.02 Å². The summed E-state index contributed by atoms with van der Waals surface area (Å²) in [6.07, 6.45) is 0.999. The Balaban J connectivity index is 2.29. The summed E-state index contributed by atoms with van der Waals surface area (Å²) in [5.41, 5.74) is 1.28. The van der Waals surface area contributed by atoms with Crippen molar-refractivity contribution >= 4 is 56.5 Å². The number of nitrogens with one attached hydrogen (secondary N) is 1. The third-order valence-corrected chi connectivity index (χ3v) is 5.47. The predicted molar refractivity (Wildman–Crippen MR) is 110 cm³/mol. The van der Waals surface area contributed by atoms with Crippen molar-refractivity contribution in [2.45, 2.75) is 6.92 Å². The van der Waals surface area contributed by atoms with Crippen LogP contribution in [0.1, 0.15) is 15.9 Å². The molecule has 0 atom stereocenters. The van der Waals surface area contributed by atoms with Crippen molar-refractivity contribution in [2.75, 3.05) is 29.5 Å². The number of benzene rings is 2. The first-order valence-corrected chi connectivity index (χ1v) is 10.5. The molecule has 2 aromatic carbocycles. The number of hydrogen-bond acceptors (Lipinski definition) is 5. The number of ether oxygens (including phenoxy) is 1. The highest BCUT2D eigenvalue weighted by Crippen LogP contribution is 2.27. The number of rotatable bonds is 6. The quantitative estimate of drug-likeness (QED) is 0.688. The third kappa shape index (κ3) is 5.37. The van der Waals surface area contributed by atoms with Gasteiger partial charge in [-0.15, -0.1) is 0 Å². The van der Waals surface area contributed by atoms with Crippen molar-refractivity contribution in [3.8, 4) is 0 Å². The van der Waals surface area contributed by atoms with Gasteiger partial charge in [-0.2, -0.15) is 0 Å². The molecule has 28 heavy (non-hydrogen) atoms. The summed E-state index contributed by atoms with van der Waals surface area (Å²) in [5.74, 6) is -1.23. The van der Waals surface area contributed by atoms with Gasteiger partial charge in [0.15, 0.2) is 0 Å². The zero-order valence-electron chi connectivity index (χ0n) is 15.3. The Bertz CT molecular complexity index is 1020. The molecule has 0 saturated heterocycles. The zero-order chi connectivity index (χ0) is 21.1. The van der Waals surface area contributed by atoms with Crippen LogP contribution < -0.4 is 9.62 Å². The van der Waals surface area contributed by atoms with Crippen molar-refractivity contribution in [1.29, 1.82) is 0 Å². The number of halogens is 2. The molecule has 0 spiro atoms. The van der Waals surface area contributed by atoms with Crippen LogP contribution in [0.15, 0.2) is 36.4 Å². The van der Waals surface area contributed by atoms with Gasteiger partial charge in [0.05, 0.1) is 35.3 Å². The van der Waals surface area contributed by atoms with E-state index in [2.05, 4.69) is 10.1 Å². The number of carbonyl (C=O) groups is 2. The summed E-state index contributed by atoms with van der Waals surface area (Å²) in [6.45, 7) is 1.20. The first-order valence-electron chi connectivity index (χ1n) is 7.94. The largest absolute Gasteiger partial charge is 0.465 e. The molecule has 7 nitrogen and oxygen atoms in total. The van der Waals surface area contributed by atoms with Crippen LogP contribution in [0.3, 0.4) is 0 Å².